The number of hydrogen-bond acceptors (Lipinski definition) is 5. The zero-order valence-electron chi connectivity index (χ0n) is 13.6. The number of nitrogens with zero attached hydrogens (tertiary/aromatic N) is 2. The third-order valence-electron chi connectivity index (χ3n) is 4.51. The highest BCUT2D eigenvalue weighted by atomic mass is 35.5. The number of rotatable bonds is 5. The first-order valence-corrected chi connectivity index (χ1v) is 8.36. The number of nitrogens with one attached hydrogen (secondary N) is 1. The van der Waals surface area contributed by atoms with Gasteiger partial charge in [0.25, 0.3) is 5.56 Å². The van der Waals surface area contributed by atoms with E-state index in [0.717, 1.165) is 0 Å². The van der Waals surface area contributed by atoms with E-state index < -0.39 is 11.0 Å². The normalized spacial score (nSPS) is 16.4. The number of hydrogen-bond donors (Lipinski definition) is 2. The summed E-state index contributed by atoms with van der Waals surface area (Å²) in [7, 11) is 0. The van der Waals surface area contributed by atoms with Crippen LogP contribution in [0.2, 0.25) is 5.02 Å². The van der Waals surface area contributed by atoms with Gasteiger partial charge in [0, 0.05) is 19.8 Å². The number of anilines is 1. The lowest BCUT2D eigenvalue weighted by Gasteiger charge is -2.34. The Hall–Kier alpha value is -2.38. The van der Waals surface area contributed by atoms with E-state index in [4.69, 9.17) is 22.1 Å². The molecule has 8 heteroatoms. The summed E-state index contributed by atoms with van der Waals surface area (Å²) < 4.78 is 6.54. The molecule has 0 radical (unpaired) electrons. The predicted molar refractivity (Wildman–Crippen MR) is 95.0 cm³/mol. The zero-order valence-corrected chi connectivity index (χ0v) is 14.3. The monoisotopic (exact) mass is 362 g/mol. The second-order valence-corrected chi connectivity index (χ2v) is 6.41. The lowest BCUT2D eigenvalue weighted by molar-refractivity contribution is -0.132. The quantitative estimate of drug-likeness (QED) is 0.841. The molecule has 1 aliphatic heterocycles. The van der Waals surface area contributed by atoms with Gasteiger partial charge in [-0.05, 0) is 25.0 Å². The molecule has 0 aliphatic carbocycles. The maximum atomic E-state index is 12.5. The fourth-order valence-corrected chi connectivity index (χ4v) is 3.04. The molecule has 1 amide bonds. The lowest BCUT2D eigenvalue weighted by atomic mass is 9.79. The Morgan fingerprint density at radius 1 is 1.32 bits per heavy atom. The minimum absolute atomic E-state index is 0.0190. The summed E-state index contributed by atoms with van der Waals surface area (Å²) in [6.07, 6.45) is 2.54. The van der Waals surface area contributed by atoms with Gasteiger partial charge in [0.1, 0.15) is 5.02 Å². The highest BCUT2D eigenvalue weighted by molar-refractivity contribution is 6.32. The van der Waals surface area contributed by atoms with Crippen molar-refractivity contribution in [1.29, 1.82) is 0 Å². The molecule has 0 atom stereocenters. The molecule has 0 saturated carbocycles. The average Bonchev–Trinajstić information content (AvgIpc) is 2.64. The van der Waals surface area contributed by atoms with Gasteiger partial charge in [-0.15, -0.1) is 0 Å². The van der Waals surface area contributed by atoms with Crippen molar-refractivity contribution >= 4 is 23.2 Å². The maximum absolute atomic E-state index is 12.5. The van der Waals surface area contributed by atoms with Crippen LogP contribution in [-0.2, 0) is 9.53 Å². The van der Waals surface area contributed by atoms with Gasteiger partial charge in [0.2, 0.25) is 5.91 Å². The number of ether oxygens (including phenoxy) is 1. The molecular weight excluding hydrogens is 344 g/mol. The highest BCUT2D eigenvalue weighted by Crippen LogP contribution is 2.31. The Morgan fingerprint density at radius 3 is 2.64 bits per heavy atom. The molecule has 2 aromatic rings. The Kier molecular flexibility index (Phi) is 5.06. The van der Waals surface area contributed by atoms with E-state index in [-0.39, 0.29) is 17.5 Å². The molecule has 3 rings (SSSR count). The molecule has 0 unspecified atom stereocenters. The molecule has 1 aromatic heterocycles. The van der Waals surface area contributed by atoms with Crippen molar-refractivity contribution in [2.24, 2.45) is 11.1 Å². The van der Waals surface area contributed by atoms with E-state index in [2.05, 4.69) is 10.4 Å². The van der Waals surface area contributed by atoms with Crippen LogP contribution in [0, 0.1) is 5.41 Å². The van der Waals surface area contributed by atoms with E-state index in [1.165, 1.54) is 10.9 Å². The van der Waals surface area contributed by atoms with Crippen molar-refractivity contribution in [3.05, 3.63) is 51.9 Å². The molecule has 0 spiro atoms. The molecule has 7 nitrogen and oxygen atoms in total. The van der Waals surface area contributed by atoms with Crippen LogP contribution in [0.1, 0.15) is 12.8 Å². The molecule has 1 fully saturated rings. The van der Waals surface area contributed by atoms with Gasteiger partial charge in [-0.25, -0.2) is 0 Å². The first-order chi connectivity index (χ1) is 12.0. The number of benzene rings is 1. The summed E-state index contributed by atoms with van der Waals surface area (Å²) in [5, 5.41) is 7.24. The van der Waals surface area contributed by atoms with Crippen molar-refractivity contribution < 1.29 is 9.53 Å². The summed E-state index contributed by atoms with van der Waals surface area (Å²) in [6.45, 7) is 1.24. The van der Waals surface area contributed by atoms with Gasteiger partial charge in [-0.3, -0.25) is 9.59 Å². The lowest BCUT2D eigenvalue weighted by Crippen LogP contribution is -2.46. The van der Waals surface area contributed by atoms with Crippen molar-refractivity contribution in [3.63, 3.8) is 0 Å². The summed E-state index contributed by atoms with van der Waals surface area (Å²) in [5.74, 6) is -0.384. The van der Waals surface area contributed by atoms with Crippen LogP contribution in [0.4, 0.5) is 5.69 Å². The molecule has 1 aromatic carbocycles. The summed E-state index contributed by atoms with van der Waals surface area (Å²) in [4.78, 5) is 24.4. The zero-order chi connectivity index (χ0) is 17.9. The number of halogens is 1. The van der Waals surface area contributed by atoms with Crippen LogP contribution in [0.15, 0.2) is 41.3 Å². The summed E-state index contributed by atoms with van der Waals surface area (Å²) >= 11 is 6.21. The van der Waals surface area contributed by atoms with Gasteiger partial charge in [0.05, 0.1) is 23.0 Å². The minimum Gasteiger partial charge on any atom is -0.381 e. The van der Waals surface area contributed by atoms with Gasteiger partial charge in [-0.1, -0.05) is 29.8 Å². The van der Waals surface area contributed by atoms with Crippen LogP contribution < -0.4 is 16.6 Å². The second-order valence-electron chi connectivity index (χ2n) is 6.04. The minimum atomic E-state index is -0.712. The van der Waals surface area contributed by atoms with E-state index in [1.54, 1.807) is 12.1 Å². The third-order valence-corrected chi connectivity index (χ3v) is 4.87. The molecule has 0 bridgehead atoms. The molecule has 1 aliphatic rings. The van der Waals surface area contributed by atoms with Crippen LogP contribution in [0.5, 0.6) is 0 Å². The standard InChI is InChI=1S/C17H19ClN4O3/c18-14-13(20-11-17(16(19)24)6-8-25-9-7-17)10-21-22(15(14)23)12-4-2-1-3-5-12/h1-5,10,20H,6-9,11H2,(H2,19,24). The average molecular weight is 363 g/mol. The van der Waals surface area contributed by atoms with E-state index >= 15 is 0 Å². The number of aromatic nitrogens is 2. The molecule has 3 N–H and O–H groups in total. The summed E-state index contributed by atoms with van der Waals surface area (Å²) in [5.41, 5.74) is 5.45. The van der Waals surface area contributed by atoms with Crippen molar-refractivity contribution in [3.8, 4) is 5.69 Å². The topological polar surface area (TPSA) is 99.2 Å². The smallest absolute Gasteiger partial charge is 0.292 e. The number of amides is 1. The van der Waals surface area contributed by atoms with Crippen LogP contribution in [0.25, 0.3) is 5.69 Å². The second kappa shape index (κ2) is 7.25. The van der Waals surface area contributed by atoms with E-state index in [0.29, 0.717) is 37.4 Å². The van der Waals surface area contributed by atoms with Crippen molar-refractivity contribution in [2.75, 3.05) is 25.1 Å². The van der Waals surface area contributed by atoms with Crippen molar-refractivity contribution in [2.45, 2.75) is 12.8 Å². The Bertz CT molecular complexity index is 816. The van der Waals surface area contributed by atoms with Crippen molar-refractivity contribution in [1.82, 2.24) is 9.78 Å². The molecular formula is C17H19ClN4O3. The Morgan fingerprint density at radius 2 is 2.00 bits per heavy atom. The fourth-order valence-electron chi connectivity index (χ4n) is 2.85. The van der Waals surface area contributed by atoms with Gasteiger partial charge in [0.15, 0.2) is 0 Å². The number of para-hydroxylation sites is 1. The van der Waals surface area contributed by atoms with Gasteiger partial charge >= 0.3 is 0 Å². The largest absolute Gasteiger partial charge is 0.381 e. The van der Waals surface area contributed by atoms with Gasteiger partial charge < -0.3 is 15.8 Å². The SMILES string of the molecule is NC(=O)C1(CNc2cnn(-c3ccccc3)c(=O)c2Cl)CCOCC1. The number of carbonyl (C=O) groups excluding carboxylic acids is 1. The van der Waals surface area contributed by atoms with Crippen LogP contribution >= 0.6 is 11.6 Å². The van der Waals surface area contributed by atoms with E-state index in [9.17, 15) is 9.59 Å². The Balaban J connectivity index is 1.83. The molecule has 25 heavy (non-hydrogen) atoms. The van der Waals surface area contributed by atoms with Gasteiger partial charge in [-0.2, -0.15) is 9.78 Å². The first kappa shape index (κ1) is 17.4. The fraction of sp³-hybridized carbons (Fsp3) is 0.353. The van der Waals surface area contributed by atoms with E-state index in [1.807, 2.05) is 18.2 Å². The highest BCUT2D eigenvalue weighted by Gasteiger charge is 2.38. The Labute approximate surface area is 149 Å². The molecule has 1 saturated heterocycles. The summed E-state index contributed by atoms with van der Waals surface area (Å²) in [6, 6.07) is 9.00. The predicted octanol–water partition coefficient (Wildman–Crippen LogP) is 1.58. The number of primary amides is 1. The third kappa shape index (κ3) is 3.52. The number of nitrogens with two attached hydrogens (primary N) is 1. The van der Waals surface area contributed by atoms with Crippen LogP contribution in [0.3, 0.4) is 0 Å². The number of carbonyl (C=O) groups is 1. The molecule has 132 valence electrons. The first-order valence-electron chi connectivity index (χ1n) is 7.98. The molecule has 2 heterocycles. The maximum Gasteiger partial charge on any atom is 0.292 e. The van der Waals surface area contributed by atoms with Crippen LogP contribution in [-0.4, -0.2) is 35.4 Å².